The molecule has 4 nitrogen and oxygen atoms in total. The van der Waals surface area contributed by atoms with Crippen LogP contribution in [0.2, 0.25) is 0 Å². The first-order chi connectivity index (χ1) is 10.2. The Morgan fingerprint density at radius 3 is 2.50 bits per heavy atom. The molecule has 6 heteroatoms. The van der Waals surface area contributed by atoms with Crippen molar-refractivity contribution in [1.29, 1.82) is 0 Å². The van der Waals surface area contributed by atoms with Crippen molar-refractivity contribution in [2.75, 3.05) is 18.4 Å². The summed E-state index contributed by atoms with van der Waals surface area (Å²) in [5, 5.41) is 3.08. The van der Waals surface area contributed by atoms with E-state index < -0.39 is 17.2 Å². The van der Waals surface area contributed by atoms with Crippen LogP contribution >= 0.6 is 0 Å². The van der Waals surface area contributed by atoms with Gasteiger partial charge in [-0.1, -0.05) is 0 Å². The maximum atomic E-state index is 13.2. The number of nitrogens with zero attached hydrogens (tertiary/aromatic N) is 1. The maximum absolute atomic E-state index is 13.2. The smallest absolute Gasteiger partial charge is 0.410 e. The number of carbonyl (C=O) groups excluding carboxylic acids is 1. The number of halogens is 2. The summed E-state index contributed by atoms with van der Waals surface area (Å²) in [7, 11) is 0. The van der Waals surface area contributed by atoms with Crippen molar-refractivity contribution in [3.05, 3.63) is 29.8 Å². The van der Waals surface area contributed by atoms with Gasteiger partial charge >= 0.3 is 6.09 Å². The van der Waals surface area contributed by atoms with Gasteiger partial charge in [-0.25, -0.2) is 13.6 Å². The fourth-order valence-electron chi connectivity index (χ4n) is 2.46. The first-order valence-corrected chi connectivity index (χ1v) is 7.43. The van der Waals surface area contributed by atoms with Gasteiger partial charge in [0, 0.05) is 30.9 Å². The topological polar surface area (TPSA) is 41.6 Å². The third-order valence-electron chi connectivity index (χ3n) is 3.31. The van der Waals surface area contributed by atoms with E-state index >= 15 is 0 Å². The van der Waals surface area contributed by atoms with Gasteiger partial charge in [-0.3, -0.25) is 0 Å². The average molecular weight is 312 g/mol. The SMILES string of the molecule is CC(C)(C)OC(=O)N1CCCC(Nc2cc(F)cc(F)c2)C1. The Morgan fingerprint density at radius 2 is 1.91 bits per heavy atom. The Bertz CT molecular complexity index is 523. The normalized spacial score (nSPS) is 19.0. The summed E-state index contributed by atoms with van der Waals surface area (Å²) in [5.74, 6) is -1.25. The molecule has 2 rings (SSSR count). The second-order valence-electron chi connectivity index (χ2n) is 6.57. The minimum atomic E-state index is -0.623. The molecule has 122 valence electrons. The van der Waals surface area contributed by atoms with Crippen LogP contribution in [-0.2, 0) is 4.74 Å². The van der Waals surface area contributed by atoms with Gasteiger partial charge in [-0.05, 0) is 45.7 Å². The van der Waals surface area contributed by atoms with Crippen LogP contribution < -0.4 is 5.32 Å². The largest absolute Gasteiger partial charge is 0.444 e. The number of likely N-dealkylation sites (tertiary alicyclic amines) is 1. The second-order valence-corrected chi connectivity index (χ2v) is 6.57. The van der Waals surface area contributed by atoms with E-state index in [0.717, 1.165) is 18.9 Å². The molecule has 1 N–H and O–H groups in total. The molecule has 1 aliphatic rings. The predicted molar refractivity (Wildman–Crippen MR) is 80.8 cm³/mol. The van der Waals surface area contributed by atoms with E-state index in [1.807, 2.05) is 20.8 Å². The number of hydrogen-bond donors (Lipinski definition) is 1. The molecule has 1 heterocycles. The Kier molecular flexibility index (Phi) is 4.88. The van der Waals surface area contributed by atoms with E-state index in [2.05, 4.69) is 5.32 Å². The van der Waals surface area contributed by atoms with Crippen molar-refractivity contribution < 1.29 is 18.3 Å². The minimum Gasteiger partial charge on any atom is -0.444 e. The summed E-state index contributed by atoms with van der Waals surface area (Å²) in [6.07, 6.45) is 1.29. The number of benzene rings is 1. The lowest BCUT2D eigenvalue weighted by Gasteiger charge is -2.34. The van der Waals surface area contributed by atoms with Crippen molar-refractivity contribution in [2.24, 2.45) is 0 Å². The zero-order valence-electron chi connectivity index (χ0n) is 13.2. The van der Waals surface area contributed by atoms with Crippen molar-refractivity contribution in [3.8, 4) is 0 Å². The highest BCUT2D eigenvalue weighted by Crippen LogP contribution is 2.20. The van der Waals surface area contributed by atoms with Crippen LogP contribution in [0.25, 0.3) is 0 Å². The molecule has 22 heavy (non-hydrogen) atoms. The number of anilines is 1. The first-order valence-electron chi connectivity index (χ1n) is 7.43. The van der Waals surface area contributed by atoms with Crippen LogP contribution in [-0.4, -0.2) is 35.7 Å². The third-order valence-corrected chi connectivity index (χ3v) is 3.31. The number of rotatable bonds is 2. The summed E-state index contributed by atoms with van der Waals surface area (Å²) < 4.78 is 31.8. The molecule has 1 fully saturated rings. The molecular weight excluding hydrogens is 290 g/mol. The summed E-state index contributed by atoms with van der Waals surface area (Å²) in [4.78, 5) is 13.7. The molecule has 0 aliphatic carbocycles. The van der Waals surface area contributed by atoms with E-state index in [-0.39, 0.29) is 12.1 Å². The number of piperidine rings is 1. The van der Waals surface area contributed by atoms with E-state index in [4.69, 9.17) is 4.74 Å². The van der Waals surface area contributed by atoms with Gasteiger partial charge in [0.15, 0.2) is 0 Å². The van der Waals surface area contributed by atoms with Crippen molar-refractivity contribution in [3.63, 3.8) is 0 Å². The van der Waals surface area contributed by atoms with Gasteiger partial charge in [0.25, 0.3) is 0 Å². The summed E-state index contributed by atoms with van der Waals surface area (Å²) in [5.41, 5.74) is -0.156. The van der Waals surface area contributed by atoms with Crippen molar-refractivity contribution >= 4 is 11.8 Å². The van der Waals surface area contributed by atoms with Crippen molar-refractivity contribution in [2.45, 2.75) is 45.3 Å². The molecular formula is C16H22F2N2O2. The van der Waals surface area contributed by atoms with Crippen LogP contribution in [0.3, 0.4) is 0 Å². The quantitative estimate of drug-likeness (QED) is 0.903. The Morgan fingerprint density at radius 1 is 1.27 bits per heavy atom. The van der Waals surface area contributed by atoms with Crippen LogP contribution in [0.4, 0.5) is 19.3 Å². The van der Waals surface area contributed by atoms with Gasteiger partial charge in [0.2, 0.25) is 0 Å². The molecule has 1 aliphatic heterocycles. The Balaban J connectivity index is 1.97. The summed E-state index contributed by atoms with van der Waals surface area (Å²) in [6, 6.07) is 3.27. The number of hydrogen-bond acceptors (Lipinski definition) is 3. The molecule has 1 saturated heterocycles. The molecule has 1 unspecified atom stereocenters. The fraction of sp³-hybridized carbons (Fsp3) is 0.562. The van der Waals surface area contributed by atoms with E-state index in [9.17, 15) is 13.6 Å². The zero-order chi connectivity index (χ0) is 16.3. The molecule has 0 aromatic heterocycles. The third kappa shape index (κ3) is 4.86. The number of nitrogens with one attached hydrogen (secondary N) is 1. The lowest BCUT2D eigenvalue weighted by Crippen LogP contribution is -2.47. The van der Waals surface area contributed by atoms with Crippen LogP contribution in [0.1, 0.15) is 33.6 Å². The van der Waals surface area contributed by atoms with E-state index in [1.165, 1.54) is 12.1 Å². The number of amides is 1. The molecule has 0 bridgehead atoms. The highest BCUT2D eigenvalue weighted by atomic mass is 19.1. The number of carbonyl (C=O) groups is 1. The molecule has 1 atom stereocenters. The lowest BCUT2D eigenvalue weighted by molar-refractivity contribution is 0.0206. The monoisotopic (exact) mass is 312 g/mol. The lowest BCUT2D eigenvalue weighted by atomic mass is 10.1. The highest BCUT2D eigenvalue weighted by Gasteiger charge is 2.27. The Labute approximate surface area is 129 Å². The standard InChI is InChI=1S/C16H22F2N2O2/c1-16(2,3)22-15(21)20-6-4-5-13(10-20)19-14-8-11(17)7-12(18)9-14/h7-9,13,19H,4-6,10H2,1-3H3. The maximum Gasteiger partial charge on any atom is 0.410 e. The van der Waals surface area contributed by atoms with Gasteiger partial charge in [-0.2, -0.15) is 0 Å². The molecule has 0 spiro atoms. The molecule has 1 aromatic carbocycles. The predicted octanol–water partition coefficient (Wildman–Crippen LogP) is 3.78. The molecule has 1 amide bonds. The first kappa shape index (κ1) is 16.5. The van der Waals surface area contributed by atoms with E-state index in [1.54, 1.807) is 4.90 Å². The fourth-order valence-corrected chi connectivity index (χ4v) is 2.46. The van der Waals surface area contributed by atoms with Gasteiger partial charge in [0.1, 0.15) is 17.2 Å². The molecule has 0 saturated carbocycles. The molecule has 1 aromatic rings. The number of ether oxygens (including phenoxy) is 1. The second kappa shape index (κ2) is 6.50. The van der Waals surface area contributed by atoms with Gasteiger partial charge in [0.05, 0.1) is 0 Å². The summed E-state index contributed by atoms with van der Waals surface area (Å²) >= 11 is 0. The van der Waals surface area contributed by atoms with Crippen LogP contribution in [0.5, 0.6) is 0 Å². The molecule has 0 radical (unpaired) electrons. The average Bonchev–Trinajstić information content (AvgIpc) is 2.35. The zero-order valence-corrected chi connectivity index (χ0v) is 13.2. The van der Waals surface area contributed by atoms with Crippen LogP contribution in [0, 0.1) is 11.6 Å². The Hall–Kier alpha value is -1.85. The minimum absolute atomic E-state index is 0.0533. The van der Waals surface area contributed by atoms with Gasteiger partial charge < -0.3 is 15.0 Å². The summed E-state index contributed by atoms with van der Waals surface area (Å²) in [6.45, 7) is 6.54. The highest BCUT2D eigenvalue weighted by molar-refractivity contribution is 5.68. The van der Waals surface area contributed by atoms with Crippen LogP contribution in [0.15, 0.2) is 18.2 Å². The van der Waals surface area contributed by atoms with E-state index in [0.29, 0.717) is 18.8 Å². The van der Waals surface area contributed by atoms with Crippen molar-refractivity contribution in [1.82, 2.24) is 4.90 Å². The van der Waals surface area contributed by atoms with Gasteiger partial charge in [-0.15, -0.1) is 0 Å².